The van der Waals surface area contributed by atoms with Crippen molar-refractivity contribution in [3.63, 3.8) is 0 Å². The van der Waals surface area contributed by atoms with E-state index in [1.807, 2.05) is 25.1 Å². The van der Waals surface area contributed by atoms with Crippen LogP contribution in [0.2, 0.25) is 0 Å². The molecule has 1 atom stereocenters. The van der Waals surface area contributed by atoms with Gasteiger partial charge in [-0.1, -0.05) is 0 Å². The summed E-state index contributed by atoms with van der Waals surface area (Å²) in [5.41, 5.74) is 1.14. The molecule has 20 heavy (non-hydrogen) atoms. The first-order valence-electron chi connectivity index (χ1n) is 6.59. The van der Waals surface area contributed by atoms with Gasteiger partial charge in [-0.3, -0.25) is 0 Å². The molecule has 3 aliphatic heterocycles. The van der Waals surface area contributed by atoms with Crippen molar-refractivity contribution in [2.45, 2.75) is 26.4 Å². The summed E-state index contributed by atoms with van der Waals surface area (Å²) in [4.78, 5) is 12.4. The first kappa shape index (κ1) is 13.7. The summed E-state index contributed by atoms with van der Waals surface area (Å²) in [6.07, 6.45) is 2.01. The molecule has 1 aromatic carbocycles. The Morgan fingerprint density at radius 2 is 2.30 bits per heavy atom. The molecular formula is C13H12B2I2O3. The zero-order valence-electron chi connectivity index (χ0n) is 11.0. The van der Waals surface area contributed by atoms with Crippen LogP contribution in [0.25, 0.3) is 0 Å². The number of halogens is 2. The number of benzene rings is 1. The normalized spacial score (nSPS) is 24.8. The van der Waals surface area contributed by atoms with Crippen LogP contribution in [0.3, 0.4) is 0 Å². The van der Waals surface area contributed by atoms with Gasteiger partial charge >= 0.3 is 141 Å². The molecule has 0 bridgehead atoms. The maximum absolute atomic E-state index is 12.4. The second-order valence-corrected chi connectivity index (χ2v) is 12.6. The number of ether oxygens (including phenoxy) is 2. The summed E-state index contributed by atoms with van der Waals surface area (Å²) < 4.78 is 10.9. The Morgan fingerprint density at radius 1 is 1.55 bits per heavy atom. The van der Waals surface area contributed by atoms with Crippen LogP contribution in [-0.2, 0) is 11.2 Å². The average Bonchev–Trinajstić information content (AvgIpc) is 3.27. The van der Waals surface area contributed by atoms with E-state index in [0.29, 0.717) is 5.75 Å². The molecule has 2 radical (unpaired) electrons. The molecule has 3 aliphatic rings. The molecule has 0 amide bonds. The number of carbonyl (C=O) groups excluding carboxylic acids is 1. The molecule has 3 nitrogen and oxygen atoms in total. The standard InChI is InChI=1S/C13H12B2I2O3/c1-12(16,13-14-17(13)15-13)11(18)20-9-4-5-10-8(7-9)3-2-6-19-10/h4-5,7H,2-3,6H2,1H3. The van der Waals surface area contributed by atoms with E-state index < -0.39 is 22.8 Å². The predicted molar refractivity (Wildman–Crippen MR) is 96.6 cm³/mol. The fourth-order valence-corrected chi connectivity index (χ4v) is 11.8. The zero-order valence-corrected chi connectivity index (χ0v) is 15.3. The van der Waals surface area contributed by atoms with E-state index in [1.165, 1.54) is 0 Å². The molecule has 0 N–H and O–H groups in total. The fraction of sp³-hybridized carbons (Fsp3) is 0.462. The summed E-state index contributed by atoms with van der Waals surface area (Å²) in [7, 11) is 0. The SMILES string of the molecule is CC(I)(C(=O)Oc1ccc2c(c1)CCCO2)C12[B]I1[B]2. The Balaban J connectivity index is 1.52. The molecular weight excluding hydrogens is 480 g/mol. The average molecular weight is 492 g/mol. The van der Waals surface area contributed by atoms with Gasteiger partial charge in [-0.2, -0.15) is 0 Å². The van der Waals surface area contributed by atoms with E-state index >= 15 is 0 Å². The number of hydrogen-bond donors (Lipinski definition) is 0. The van der Waals surface area contributed by atoms with Gasteiger partial charge in [-0.15, -0.1) is 0 Å². The Bertz CT molecular complexity index is 599. The van der Waals surface area contributed by atoms with Crippen LogP contribution in [0, 0.1) is 0 Å². The first-order valence-corrected chi connectivity index (χ1v) is 11.2. The van der Waals surface area contributed by atoms with Crippen LogP contribution in [0.15, 0.2) is 18.2 Å². The predicted octanol–water partition coefficient (Wildman–Crippen LogP) is 2.54. The molecule has 0 spiro atoms. The Labute approximate surface area is 140 Å². The van der Waals surface area contributed by atoms with Gasteiger partial charge in [0.1, 0.15) is 0 Å². The van der Waals surface area contributed by atoms with Crippen LogP contribution in [0.5, 0.6) is 11.5 Å². The molecule has 4 rings (SSSR count). The van der Waals surface area contributed by atoms with Crippen LogP contribution >= 0.6 is 42.0 Å². The maximum atomic E-state index is 12.4. The van der Waals surface area contributed by atoms with E-state index in [9.17, 15) is 4.79 Å². The van der Waals surface area contributed by atoms with Crippen LogP contribution in [-0.4, -0.2) is 29.5 Å². The first-order chi connectivity index (χ1) is 9.53. The summed E-state index contributed by atoms with van der Waals surface area (Å²) >= 11 is 1.35. The van der Waals surface area contributed by atoms with Crippen molar-refractivity contribution in [1.82, 2.24) is 0 Å². The second-order valence-electron chi connectivity index (χ2n) is 5.44. The van der Waals surface area contributed by atoms with Crippen molar-refractivity contribution in [1.29, 1.82) is 0 Å². The number of hydrogen-bond acceptors (Lipinski definition) is 3. The molecule has 0 aromatic heterocycles. The van der Waals surface area contributed by atoms with E-state index in [-0.39, 0.29) is 9.19 Å². The van der Waals surface area contributed by atoms with Gasteiger partial charge in [-0.05, 0) is 0 Å². The quantitative estimate of drug-likeness (QED) is 0.214. The van der Waals surface area contributed by atoms with Crippen molar-refractivity contribution >= 4 is 58.2 Å². The molecule has 2 fully saturated rings. The fourth-order valence-electron chi connectivity index (χ4n) is 2.46. The third kappa shape index (κ3) is 2.02. The van der Waals surface area contributed by atoms with Crippen molar-refractivity contribution in [3.05, 3.63) is 23.8 Å². The Hall–Kier alpha value is 0.0799. The number of alkyl halides is 2. The van der Waals surface area contributed by atoms with Crippen LogP contribution in [0.4, 0.5) is 0 Å². The number of rotatable bonds is 3. The molecule has 0 saturated carbocycles. The number of fused-ring (bicyclic) bond motifs is 2. The van der Waals surface area contributed by atoms with Gasteiger partial charge in [0.2, 0.25) is 0 Å². The summed E-state index contributed by atoms with van der Waals surface area (Å²) in [6, 6.07) is 5.68. The summed E-state index contributed by atoms with van der Waals surface area (Å²) in [5.74, 6) is 1.44. The van der Waals surface area contributed by atoms with Gasteiger partial charge in [0.05, 0.1) is 0 Å². The van der Waals surface area contributed by atoms with Crippen LogP contribution < -0.4 is 9.47 Å². The number of carbonyl (C=O) groups is 1. The Morgan fingerprint density at radius 3 is 3.00 bits per heavy atom. The number of esters is 1. The molecule has 7 heteroatoms. The van der Waals surface area contributed by atoms with Gasteiger partial charge in [0, 0.05) is 0 Å². The van der Waals surface area contributed by atoms with Crippen molar-refractivity contribution in [2.75, 3.05) is 6.61 Å². The molecule has 102 valence electrons. The van der Waals surface area contributed by atoms with Crippen molar-refractivity contribution in [2.24, 2.45) is 0 Å². The zero-order chi connectivity index (χ0) is 14.0. The van der Waals surface area contributed by atoms with Crippen LogP contribution in [0.1, 0.15) is 18.9 Å². The molecule has 3 heterocycles. The summed E-state index contributed by atoms with van der Waals surface area (Å²) in [5, 5.41) is 4.73. The van der Waals surface area contributed by atoms with E-state index in [1.54, 1.807) is 0 Å². The second kappa shape index (κ2) is 4.54. The minimum atomic E-state index is -0.908. The molecule has 2 saturated heterocycles. The van der Waals surface area contributed by atoms with Gasteiger partial charge in [0.25, 0.3) is 0 Å². The van der Waals surface area contributed by atoms with Crippen molar-refractivity contribution in [3.8, 4) is 11.5 Å². The minimum absolute atomic E-state index is 0.125. The number of aryl methyl sites for hydroxylation is 1. The van der Waals surface area contributed by atoms with Gasteiger partial charge < -0.3 is 0 Å². The van der Waals surface area contributed by atoms with Gasteiger partial charge in [-0.25, -0.2) is 0 Å². The topological polar surface area (TPSA) is 35.5 Å². The van der Waals surface area contributed by atoms with Gasteiger partial charge in [0.15, 0.2) is 0 Å². The third-order valence-corrected chi connectivity index (χ3v) is 12.1. The summed E-state index contributed by atoms with van der Waals surface area (Å²) in [6.45, 7) is 2.77. The molecule has 0 aliphatic carbocycles. The van der Waals surface area contributed by atoms with E-state index in [4.69, 9.17) is 9.47 Å². The Kier molecular flexibility index (Phi) is 3.11. The monoisotopic (exact) mass is 492 g/mol. The van der Waals surface area contributed by atoms with E-state index in [0.717, 1.165) is 30.8 Å². The van der Waals surface area contributed by atoms with Crippen molar-refractivity contribution < 1.29 is 14.3 Å². The molecule has 1 aromatic rings. The van der Waals surface area contributed by atoms with E-state index in [2.05, 4.69) is 32.9 Å². The third-order valence-electron chi connectivity index (χ3n) is 4.01. The molecule has 1 unspecified atom stereocenters.